The summed E-state index contributed by atoms with van der Waals surface area (Å²) in [7, 11) is 1.68. The lowest BCUT2D eigenvalue weighted by atomic mass is 10.1. The van der Waals surface area contributed by atoms with E-state index < -0.39 is 0 Å². The average Bonchev–Trinajstić information content (AvgIpc) is 3.29. The summed E-state index contributed by atoms with van der Waals surface area (Å²) in [5, 5.41) is 1.07. The van der Waals surface area contributed by atoms with E-state index in [0.717, 1.165) is 61.6 Å². The van der Waals surface area contributed by atoms with Crippen molar-refractivity contribution in [2.75, 3.05) is 33.4 Å². The van der Waals surface area contributed by atoms with E-state index in [9.17, 15) is 0 Å². The topological polar surface area (TPSA) is 40.2 Å². The molecule has 5 nitrogen and oxygen atoms in total. The predicted molar refractivity (Wildman–Crippen MR) is 158 cm³/mol. The second-order valence-electron chi connectivity index (χ2n) is 9.69. The van der Waals surface area contributed by atoms with Crippen LogP contribution in [-0.4, -0.2) is 44.4 Å². The first kappa shape index (κ1) is 26.9. The van der Waals surface area contributed by atoms with Gasteiger partial charge in [0.2, 0.25) is 0 Å². The van der Waals surface area contributed by atoms with Crippen molar-refractivity contribution in [1.29, 1.82) is 0 Å². The van der Waals surface area contributed by atoms with Crippen LogP contribution in [0.1, 0.15) is 33.1 Å². The summed E-state index contributed by atoms with van der Waals surface area (Å²) in [6, 6.07) is 22.4. The normalized spacial score (nSPS) is 14.2. The minimum Gasteiger partial charge on any atom is -0.497 e. The predicted octanol–water partition coefficient (Wildman–Crippen LogP) is 8.67. The number of hydrogen-bond acceptors (Lipinski definition) is 7. The Morgan fingerprint density at radius 1 is 0.868 bits per heavy atom. The van der Waals surface area contributed by atoms with Crippen LogP contribution in [0.15, 0.2) is 71.6 Å². The maximum Gasteiger partial charge on any atom is 0.153 e. The molecule has 0 radical (unpaired) electrons. The second kappa shape index (κ2) is 12.9. The molecule has 4 aromatic rings. The van der Waals surface area contributed by atoms with E-state index >= 15 is 0 Å². The van der Waals surface area contributed by atoms with E-state index in [1.165, 1.54) is 44.4 Å². The number of nitrogens with zero attached hydrogens (tertiary/aromatic N) is 1. The Bertz CT molecular complexity index is 1310. The highest BCUT2D eigenvalue weighted by Crippen LogP contribution is 2.47. The fourth-order valence-electron chi connectivity index (χ4n) is 4.57. The molecule has 0 saturated carbocycles. The highest BCUT2D eigenvalue weighted by atomic mass is 32.2. The fraction of sp³-hybridized carbons (Fsp3) is 0.355. The van der Waals surface area contributed by atoms with Gasteiger partial charge in [-0.15, -0.1) is 11.3 Å². The zero-order chi connectivity index (χ0) is 26.3. The number of thiophene rings is 1. The van der Waals surface area contributed by atoms with Gasteiger partial charge in [0.25, 0.3) is 0 Å². The molecule has 7 heteroatoms. The Hall–Kier alpha value is -2.71. The van der Waals surface area contributed by atoms with Crippen molar-refractivity contribution >= 4 is 33.5 Å². The number of rotatable bonds is 11. The Labute approximate surface area is 233 Å². The van der Waals surface area contributed by atoms with Gasteiger partial charge in [0.05, 0.1) is 24.7 Å². The largest absolute Gasteiger partial charge is 0.497 e. The van der Waals surface area contributed by atoms with E-state index in [-0.39, 0.29) is 6.10 Å². The van der Waals surface area contributed by atoms with Gasteiger partial charge in [0.1, 0.15) is 17.2 Å². The molecule has 0 bridgehead atoms. The van der Waals surface area contributed by atoms with E-state index in [1.54, 1.807) is 18.4 Å². The molecule has 1 saturated heterocycles. The molecule has 1 aliphatic heterocycles. The molecule has 1 aromatic heterocycles. The standard InChI is InChI=1S/C31H35NO4S2/c1-22(2)35-26-13-16-28-29(21-26)37-31(23-7-9-24(33-3)10-8-23)30(28)36-25-11-14-27(15-12-25)38-34-20-19-32-17-5-4-6-18-32/h7-16,21-22H,4-6,17-20H2,1-3H3. The first-order valence-corrected chi connectivity index (χ1v) is 14.8. The third-order valence-corrected chi connectivity index (χ3v) is 8.41. The zero-order valence-corrected chi connectivity index (χ0v) is 23.9. The third kappa shape index (κ3) is 6.83. The maximum absolute atomic E-state index is 6.54. The summed E-state index contributed by atoms with van der Waals surface area (Å²) in [5.74, 6) is 3.34. The fourth-order valence-corrected chi connectivity index (χ4v) is 6.28. The summed E-state index contributed by atoms with van der Waals surface area (Å²) in [6.07, 6.45) is 4.09. The lowest BCUT2D eigenvalue weighted by Crippen LogP contribution is -2.32. The molecule has 0 amide bonds. The van der Waals surface area contributed by atoms with Crippen molar-refractivity contribution in [2.24, 2.45) is 0 Å². The summed E-state index contributed by atoms with van der Waals surface area (Å²) in [6.45, 7) is 8.20. The van der Waals surface area contributed by atoms with Crippen LogP contribution in [0.2, 0.25) is 0 Å². The quantitative estimate of drug-likeness (QED) is 0.138. The molecular weight excluding hydrogens is 514 g/mol. The molecule has 0 spiro atoms. The third-order valence-electron chi connectivity index (χ3n) is 6.48. The number of ether oxygens (including phenoxy) is 3. The lowest BCUT2D eigenvalue weighted by Gasteiger charge is -2.25. The Morgan fingerprint density at radius 2 is 1.58 bits per heavy atom. The molecule has 38 heavy (non-hydrogen) atoms. The summed E-state index contributed by atoms with van der Waals surface area (Å²) < 4.78 is 24.8. The summed E-state index contributed by atoms with van der Waals surface area (Å²) in [5.41, 5.74) is 1.09. The Kier molecular flexibility index (Phi) is 9.12. The van der Waals surface area contributed by atoms with Gasteiger partial charge in [0.15, 0.2) is 5.75 Å². The van der Waals surface area contributed by atoms with E-state index in [1.807, 2.05) is 44.2 Å². The van der Waals surface area contributed by atoms with Crippen molar-refractivity contribution in [3.8, 4) is 33.4 Å². The average molecular weight is 550 g/mol. The smallest absolute Gasteiger partial charge is 0.153 e. The van der Waals surface area contributed by atoms with E-state index in [0.29, 0.717) is 0 Å². The molecule has 5 rings (SSSR count). The van der Waals surface area contributed by atoms with Crippen molar-refractivity contribution in [1.82, 2.24) is 4.90 Å². The number of methoxy groups -OCH3 is 1. The van der Waals surface area contributed by atoms with Crippen LogP contribution < -0.4 is 14.2 Å². The van der Waals surface area contributed by atoms with Crippen LogP contribution in [-0.2, 0) is 4.18 Å². The van der Waals surface area contributed by atoms with E-state index in [2.05, 4.69) is 41.3 Å². The van der Waals surface area contributed by atoms with Crippen LogP contribution >= 0.6 is 23.4 Å². The number of fused-ring (bicyclic) bond motifs is 1. The van der Waals surface area contributed by atoms with Crippen molar-refractivity contribution in [3.63, 3.8) is 0 Å². The first-order valence-electron chi connectivity index (χ1n) is 13.3. The number of benzene rings is 3. The van der Waals surface area contributed by atoms with Crippen LogP contribution in [0.25, 0.3) is 20.5 Å². The van der Waals surface area contributed by atoms with Gasteiger partial charge in [-0.25, -0.2) is 0 Å². The van der Waals surface area contributed by atoms with Gasteiger partial charge in [-0.2, -0.15) is 0 Å². The Balaban J connectivity index is 1.32. The molecule has 200 valence electrons. The lowest BCUT2D eigenvalue weighted by molar-refractivity contribution is 0.194. The van der Waals surface area contributed by atoms with Gasteiger partial charge >= 0.3 is 0 Å². The summed E-state index contributed by atoms with van der Waals surface area (Å²) in [4.78, 5) is 4.63. The van der Waals surface area contributed by atoms with Crippen LogP contribution in [0.5, 0.6) is 23.0 Å². The van der Waals surface area contributed by atoms with Gasteiger partial charge in [-0.3, -0.25) is 0 Å². The molecule has 1 aliphatic rings. The SMILES string of the molecule is COc1ccc(-c2sc3cc(OC(C)C)ccc3c2Oc2ccc(SOCCN3CCCCC3)cc2)cc1. The maximum atomic E-state index is 6.54. The van der Waals surface area contributed by atoms with Crippen molar-refractivity contribution in [2.45, 2.75) is 44.1 Å². The number of hydrogen-bond donors (Lipinski definition) is 0. The highest BCUT2D eigenvalue weighted by Gasteiger charge is 2.18. The highest BCUT2D eigenvalue weighted by molar-refractivity contribution is 7.94. The first-order chi connectivity index (χ1) is 18.6. The monoisotopic (exact) mass is 549 g/mol. The zero-order valence-electron chi connectivity index (χ0n) is 22.3. The van der Waals surface area contributed by atoms with Gasteiger partial charge in [0, 0.05) is 33.6 Å². The van der Waals surface area contributed by atoms with Crippen LogP contribution in [0.3, 0.4) is 0 Å². The van der Waals surface area contributed by atoms with Crippen LogP contribution in [0, 0.1) is 0 Å². The molecule has 0 N–H and O–H groups in total. The molecule has 0 aliphatic carbocycles. The van der Waals surface area contributed by atoms with Crippen LogP contribution in [0.4, 0.5) is 0 Å². The molecule has 3 aromatic carbocycles. The Morgan fingerprint density at radius 3 is 2.29 bits per heavy atom. The van der Waals surface area contributed by atoms with Crippen molar-refractivity contribution in [3.05, 3.63) is 66.7 Å². The number of likely N-dealkylation sites (tertiary alicyclic amines) is 1. The number of piperidine rings is 1. The molecule has 0 atom stereocenters. The molecule has 0 unspecified atom stereocenters. The van der Waals surface area contributed by atoms with Gasteiger partial charge in [-0.05, 0) is 112 Å². The molecule has 1 fully saturated rings. The minimum atomic E-state index is 0.120. The summed E-state index contributed by atoms with van der Waals surface area (Å²) >= 11 is 3.14. The molecule has 2 heterocycles. The molecular formula is C31H35NO4S2. The van der Waals surface area contributed by atoms with Gasteiger partial charge in [-0.1, -0.05) is 6.42 Å². The second-order valence-corrected chi connectivity index (χ2v) is 11.6. The minimum absolute atomic E-state index is 0.120. The van der Waals surface area contributed by atoms with E-state index in [4.69, 9.17) is 18.4 Å². The van der Waals surface area contributed by atoms with Gasteiger partial charge < -0.3 is 23.3 Å². The van der Waals surface area contributed by atoms with Crippen molar-refractivity contribution < 1.29 is 18.4 Å².